The zero-order valence-electron chi connectivity index (χ0n) is 12.6. The molecule has 0 heterocycles. The fourth-order valence-corrected chi connectivity index (χ4v) is 2.60. The van der Waals surface area contributed by atoms with Crippen LogP contribution in [-0.2, 0) is 6.42 Å². The number of hydrogen-bond acceptors (Lipinski definition) is 1. The van der Waals surface area contributed by atoms with Gasteiger partial charge in [-0.15, -0.1) is 11.6 Å². The van der Waals surface area contributed by atoms with E-state index in [1.165, 1.54) is 18.7 Å². The van der Waals surface area contributed by atoms with Crippen LogP contribution in [0, 0.1) is 11.7 Å². The molecule has 0 fully saturated rings. The SMILES string of the molecule is COc1cc(C(Cl)c2ccc(CC(C)C)cc2)ccc1F. The molecule has 0 bridgehead atoms. The first-order valence-corrected chi connectivity index (χ1v) is 7.51. The second-order valence-electron chi connectivity index (χ2n) is 5.60. The Morgan fingerprint density at radius 2 is 1.67 bits per heavy atom. The van der Waals surface area contributed by atoms with E-state index in [0.29, 0.717) is 5.92 Å². The van der Waals surface area contributed by atoms with Crippen molar-refractivity contribution in [2.24, 2.45) is 5.92 Å². The number of benzene rings is 2. The number of rotatable bonds is 5. The minimum atomic E-state index is -0.377. The summed E-state index contributed by atoms with van der Waals surface area (Å²) in [6.45, 7) is 4.39. The predicted octanol–water partition coefficient (Wildman–Crippen LogP) is 5.36. The molecule has 2 aromatic rings. The fraction of sp³-hybridized carbons (Fsp3) is 0.333. The summed E-state index contributed by atoms with van der Waals surface area (Å²) in [5, 5.41) is -0.312. The third-order valence-electron chi connectivity index (χ3n) is 3.38. The van der Waals surface area contributed by atoms with E-state index in [2.05, 4.69) is 26.0 Å². The van der Waals surface area contributed by atoms with Crippen LogP contribution in [0.4, 0.5) is 4.39 Å². The Labute approximate surface area is 130 Å². The Balaban J connectivity index is 2.21. The lowest BCUT2D eigenvalue weighted by Gasteiger charge is -2.13. The van der Waals surface area contributed by atoms with E-state index in [1.807, 2.05) is 12.1 Å². The van der Waals surface area contributed by atoms with Crippen molar-refractivity contribution >= 4 is 11.6 Å². The van der Waals surface area contributed by atoms with Gasteiger partial charge in [0, 0.05) is 0 Å². The van der Waals surface area contributed by atoms with Gasteiger partial charge in [-0.1, -0.05) is 44.2 Å². The molecule has 2 aromatic carbocycles. The van der Waals surface area contributed by atoms with E-state index in [0.717, 1.165) is 17.5 Å². The van der Waals surface area contributed by atoms with Gasteiger partial charge in [0.1, 0.15) is 0 Å². The zero-order chi connectivity index (χ0) is 15.4. The maximum absolute atomic E-state index is 13.4. The van der Waals surface area contributed by atoms with Gasteiger partial charge in [0.05, 0.1) is 12.5 Å². The molecule has 0 aliphatic rings. The van der Waals surface area contributed by atoms with Crippen LogP contribution in [0.3, 0.4) is 0 Å². The first kappa shape index (κ1) is 15.8. The molecule has 0 aliphatic heterocycles. The van der Waals surface area contributed by atoms with Crippen LogP contribution in [0.2, 0.25) is 0 Å². The van der Waals surface area contributed by atoms with Crippen molar-refractivity contribution in [1.29, 1.82) is 0 Å². The largest absolute Gasteiger partial charge is 0.494 e. The number of alkyl halides is 1. The number of methoxy groups -OCH3 is 1. The summed E-state index contributed by atoms with van der Waals surface area (Å²) in [6, 6.07) is 13.0. The summed E-state index contributed by atoms with van der Waals surface area (Å²) in [5.41, 5.74) is 3.12. The van der Waals surface area contributed by atoms with Crippen molar-refractivity contribution in [2.75, 3.05) is 7.11 Å². The predicted molar refractivity (Wildman–Crippen MR) is 85.6 cm³/mol. The molecule has 21 heavy (non-hydrogen) atoms. The Hall–Kier alpha value is -1.54. The average molecular weight is 307 g/mol. The van der Waals surface area contributed by atoms with Gasteiger partial charge in [-0.2, -0.15) is 0 Å². The van der Waals surface area contributed by atoms with Crippen molar-refractivity contribution in [3.05, 3.63) is 65.0 Å². The molecule has 0 aromatic heterocycles. The van der Waals surface area contributed by atoms with Crippen LogP contribution in [0.5, 0.6) is 5.75 Å². The van der Waals surface area contributed by atoms with E-state index in [-0.39, 0.29) is 16.9 Å². The molecule has 1 atom stereocenters. The summed E-state index contributed by atoms with van der Waals surface area (Å²) in [6.07, 6.45) is 1.05. The van der Waals surface area contributed by atoms with Crippen molar-refractivity contribution in [3.8, 4) is 5.75 Å². The lowest BCUT2D eigenvalue weighted by Crippen LogP contribution is -1.98. The van der Waals surface area contributed by atoms with Crippen molar-refractivity contribution < 1.29 is 9.13 Å². The van der Waals surface area contributed by atoms with Gasteiger partial charge in [0.25, 0.3) is 0 Å². The highest BCUT2D eigenvalue weighted by molar-refractivity contribution is 6.22. The summed E-state index contributed by atoms with van der Waals surface area (Å²) < 4.78 is 18.4. The Morgan fingerprint density at radius 3 is 2.24 bits per heavy atom. The Morgan fingerprint density at radius 1 is 1.05 bits per heavy atom. The minimum absolute atomic E-state index is 0.217. The van der Waals surface area contributed by atoms with E-state index < -0.39 is 0 Å². The average Bonchev–Trinajstić information content (AvgIpc) is 2.47. The van der Waals surface area contributed by atoms with Crippen LogP contribution in [0.15, 0.2) is 42.5 Å². The lowest BCUT2D eigenvalue weighted by molar-refractivity contribution is 0.386. The van der Waals surface area contributed by atoms with Crippen LogP contribution in [0.1, 0.15) is 35.9 Å². The second kappa shape index (κ2) is 6.95. The van der Waals surface area contributed by atoms with Gasteiger partial charge >= 0.3 is 0 Å². The van der Waals surface area contributed by atoms with Gasteiger partial charge in [-0.25, -0.2) is 4.39 Å². The summed E-state index contributed by atoms with van der Waals surface area (Å²) in [4.78, 5) is 0. The standard InChI is InChI=1S/C18H20ClFO/c1-12(2)10-13-4-6-14(7-5-13)18(19)15-8-9-16(20)17(11-15)21-3/h4-9,11-12,18H,10H2,1-3H3. The normalized spacial score (nSPS) is 12.5. The molecule has 0 radical (unpaired) electrons. The number of ether oxygens (including phenoxy) is 1. The maximum atomic E-state index is 13.4. The molecule has 0 saturated carbocycles. The van der Waals surface area contributed by atoms with Gasteiger partial charge in [-0.3, -0.25) is 0 Å². The molecular formula is C18H20ClFO. The van der Waals surface area contributed by atoms with Crippen LogP contribution in [-0.4, -0.2) is 7.11 Å². The molecule has 112 valence electrons. The number of hydrogen-bond donors (Lipinski definition) is 0. The summed E-state index contributed by atoms with van der Waals surface area (Å²) >= 11 is 6.49. The first-order valence-electron chi connectivity index (χ1n) is 7.07. The van der Waals surface area contributed by atoms with Gasteiger partial charge in [0.2, 0.25) is 0 Å². The first-order chi connectivity index (χ1) is 10.0. The van der Waals surface area contributed by atoms with Gasteiger partial charge < -0.3 is 4.74 Å². The molecule has 0 aliphatic carbocycles. The molecule has 3 heteroatoms. The monoisotopic (exact) mass is 306 g/mol. The summed E-state index contributed by atoms with van der Waals surface area (Å²) in [7, 11) is 1.45. The van der Waals surface area contributed by atoms with Gasteiger partial charge in [-0.05, 0) is 41.2 Å². The highest BCUT2D eigenvalue weighted by Crippen LogP contribution is 2.32. The van der Waals surface area contributed by atoms with E-state index in [9.17, 15) is 4.39 Å². The minimum Gasteiger partial charge on any atom is -0.494 e. The summed E-state index contributed by atoms with van der Waals surface area (Å²) in [5.74, 6) is 0.469. The molecule has 1 unspecified atom stereocenters. The maximum Gasteiger partial charge on any atom is 0.165 e. The van der Waals surface area contributed by atoms with Crippen molar-refractivity contribution in [3.63, 3.8) is 0 Å². The van der Waals surface area contributed by atoms with Crippen LogP contribution >= 0.6 is 11.6 Å². The Bertz CT molecular complexity index is 593. The molecule has 0 amide bonds. The highest BCUT2D eigenvalue weighted by atomic mass is 35.5. The van der Waals surface area contributed by atoms with Gasteiger partial charge in [0.15, 0.2) is 11.6 Å². The number of halogens is 2. The quantitative estimate of drug-likeness (QED) is 0.676. The zero-order valence-corrected chi connectivity index (χ0v) is 13.3. The topological polar surface area (TPSA) is 9.23 Å². The molecule has 0 N–H and O–H groups in total. The second-order valence-corrected chi connectivity index (χ2v) is 6.03. The highest BCUT2D eigenvalue weighted by Gasteiger charge is 2.13. The third kappa shape index (κ3) is 3.98. The molecule has 2 rings (SSSR count). The molecular weight excluding hydrogens is 287 g/mol. The van der Waals surface area contributed by atoms with E-state index in [4.69, 9.17) is 16.3 Å². The van der Waals surface area contributed by atoms with E-state index in [1.54, 1.807) is 12.1 Å². The third-order valence-corrected chi connectivity index (χ3v) is 3.89. The van der Waals surface area contributed by atoms with Crippen molar-refractivity contribution in [2.45, 2.75) is 25.6 Å². The fourth-order valence-electron chi connectivity index (χ4n) is 2.32. The molecule has 0 spiro atoms. The smallest absolute Gasteiger partial charge is 0.165 e. The van der Waals surface area contributed by atoms with Crippen molar-refractivity contribution in [1.82, 2.24) is 0 Å². The molecule has 0 saturated heterocycles. The van der Waals surface area contributed by atoms with Crippen LogP contribution in [0.25, 0.3) is 0 Å². The lowest BCUT2D eigenvalue weighted by atomic mass is 9.99. The van der Waals surface area contributed by atoms with Crippen LogP contribution < -0.4 is 4.74 Å². The Kier molecular flexibility index (Phi) is 5.24. The van der Waals surface area contributed by atoms with E-state index >= 15 is 0 Å². The molecule has 1 nitrogen and oxygen atoms in total.